The summed E-state index contributed by atoms with van der Waals surface area (Å²) in [5, 5.41) is 16.0. The van der Waals surface area contributed by atoms with Crippen LogP contribution in [0.3, 0.4) is 0 Å². The summed E-state index contributed by atoms with van der Waals surface area (Å²) in [6, 6.07) is 11.5. The maximum atomic E-state index is 13.4. The molecule has 2 N–H and O–H groups in total. The maximum absolute atomic E-state index is 13.4. The van der Waals surface area contributed by atoms with Crippen LogP contribution in [0.15, 0.2) is 57.8 Å². The number of carbonyl (C=O) groups is 2. The van der Waals surface area contributed by atoms with Crippen molar-refractivity contribution in [3.8, 4) is 0 Å². The molecule has 1 aromatic heterocycles. The van der Waals surface area contributed by atoms with Gasteiger partial charge in [-0.3, -0.25) is 29.1 Å². The topological polar surface area (TPSA) is 146 Å². The zero-order valence-electron chi connectivity index (χ0n) is 18.8. The Hall–Kier alpha value is -4.39. The van der Waals surface area contributed by atoms with Crippen LogP contribution in [-0.2, 0) is 23.2 Å². The molecule has 2 heterocycles. The number of non-ortho nitro benzene ring substituents is 1. The smallest absolute Gasteiger partial charge is 0.326 e. The molecule has 1 fully saturated rings. The Morgan fingerprint density at radius 1 is 1.20 bits per heavy atom. The average Bonchev–Trinajstić information content (AvgIpc) is 3.25. The molecular weight excluding hydrogens is 476 g/mol. The Labute approximate surface area is 203 Å². The van der Waals surface area contributed by atoms with Gasteiger partial charge in [-0.2, -0.15) is 0 Å². The van der Waals surface area contributed by atoms with Gasteiger partial charge in [0.1, 0.15) is 12.6 Å². The van der Waals surface area contributed by atoms with Crippen molar-refractivity contribution in [1.29, 1.82) is 0 Å². The van der Waals surface area contributed by atoms with E-state index >= 15 is 0 Å². The summed E-state index contributed by atoms with van der Waals surface area (Å²) in [5.41, 5.74) is 1.36. The summed E-state index contributed by atoms with van der Waals surface area (Å²) in [6.45, 7) is 1.85. The molecule has 0 saturated carbocycles. The highest BCUT2D eigenvalue weighted by Gasteiger charge is 2.45. The number of thiocarbonyl (C=S) groups is 1. The first-order chi connectivity index (χ1) is 16.7. The first-order valence-electron chi connectivity index (χ1n) is 10.5. The van der Waals surface area contributed by atoms with E-state index in [2.05, 4.69) is 10.6 Å². The summed E-state index contributed by atoms with van der Waals surface area (Å²) in [5.74, 6) is -0.915. The van der Waals surface area contributed by atoms with E-state index in [1.807, 2.05) is 19.1 Å². The summed E-state index contributed by atoms with van der Waals surface area (Å²) >= 11 is 5.60. The second-order valence-electron chi connectivity index (χ2n) is 7.98. The van der Waals surface area contributed by atoms with Gasteiger partial charge in [0.25, 0.3) is 11.6 Å². The fraction of sp³-hybridized carbons (Fsp3) is 0.227. The van der Waals surface area contributed by atoms with Gasteiger partial charge >= 0.3 is 11.3 Å². The minimum Gasteiger partial charge on any atom is -0.326 e. The highest BCUT2D eigenvalue weighted by atomic mass is 32.1. The number of anilines is 2. The minimum absolute atomic E-state index is 0.0647. The van der Waals surface area contributed by atoms with Gasteiger partial charge < -0.3 is 10.2 Å². The fourth-order valence-electron chi connectivity index (χ4n) is 3.69. The van der Waals surface area contributed by atoms with E-state index in [0.29, 0.717) is 11.4 Å². The van der Waals surface area contributed by atoms with Crippen molar-refractivity contribution in [1.82, 2.24) is 10.2 Å². The van der Waals surface area contributed by atoms with Crippen molar-refractivity contribution < 1.29 is 23.7 Å². The summed E-state index contributed by atoms with van der Waals surface area (Å²) < 4.78 is 6.17. The lowest BCUT2D eigenvalue weighted by Gasteiger charge is -2.21. The van der Waals surface area contributed by atoms with Crippen LogP contribution in [0.1, 0.15) is 17.7 Å². The summed E-state index contributed by atoms with van der Waals surface area (Å²) in [7, 11) is 1.58. The summed E-state index contributed by atoms with van der Waals surface area (Å²) in [6.07, 6.45) is -0.266. The number of hydrogen-bond donors (Lipinski definition) is 2. The van der Waals surface area contributed by atoms with Crippen molar-refractivity contribution in [3.63, 3.8) is 0 Å². The van der Waals surface area contributed by atoms with Crippen molar-refractivity contribution >= 4 is 46.2 Å². The van der Waals surface area contributed by atoms with Crippen molar-refractivity contribution in [3.05, 3.63) is 80.3 Å². The number of carbonyl (C=O) groups excluding carboxylic acids is 2. The number of hydrogen-bond acceptors (Lipinski definition) is 7. The molecule has 1 atom stereocenters. The highest BCUT2D eigenvalue weighted by molar-refractivity contribution is 7.80. The first-order valence-corrected chi connectivity index (χ1v) is 10.9. The molecule has 2 amide bonds. The molecule has 0 aliphatic carbocycles. The second-order valence-corrected chi connectivity index (χ2v) is 8.34. The minimum atomic E-state index is -0.990. The molecule has 3 aromatic rings. The number of benzene rings is 2. The molecule has 4 rings (SSSR count). The molecule has 35 heavy (non-hydrogen) atoms. The molecule has 13 heteroatoms. The predicted molar refractivity (Wildman–Crippen MR) is 127 cm³/mol. The van der Waals surface area contributed by atoms with E-state index in [1.54, 1.807) is 19.2 Å². The predicted octanol–water partition coefficient (Wildman–Crippen LogP) is 1.54. The van der Waals surface area contributed by atoms with Gasteiger partial charge in [-0.05, 0) is 48.7 Å². The molecule has 2 aromatic carbocycles. The molecule has 0 bridgehead atoms. The largest absolute Gasteiger partial charge is 0.431 e. The summed E-state index contributed by atoms with van der Waals surface area (Å²) in [4.78, 5) is 51.6. The lowest BCUT2D eigenvalue weighted by atomic mass is 10.1. The molecular formula is C22H21N6O6S+. The SMILES string of the molecule is Cc1ccc(N2C(=O)C(CC(=O)Nc3ccc([N+](=O)[O-])cc3)N(Cc3c(=O)o[nH][n+]3C)C2=S)cc1. The van der Waals surface area contributed by atoms with E-state index in [9.17, 15) is 24.5 Å². The Morgan fingerprint density at radius 3 is 2.43 bits per heavy atom. The van der Waals surface area contributed by atoms with Gasteiger partial charge in [0.05, 0.1) is 17.0 Å². The van der Waals surface area contributed by atoms with Crippen molar-refractivity contribution in [2.24, 2.45) is 7.05 Å². The van der Waals surface area contributed by atoms with Crippen LogP contribution in [-0.4, -0.2) is 38.1 Å². The molecule has 1 aliphatic heterocycles. The number of amides is 2. The van der Waals surface area contributed by atoms with Gasteiger partial charge in [0.2, 0.25) is 5.91 Å². The Kier molecular flexibility index (Phi) is 6.42. The number of nitrogens with one attached hydrogen (secondary N) is 2. The maximum Gasteiger partial charge on any atom is 0.431 e. The van der Waals surface area contributed by atoms with Crippen LogP contribution < -0.4 is 20.5 Å². The van der Waals surface area contributed by atoms with E-state index in [0.717, 1.165) is 5.56 Å². The molecule has 1 unspecified atom stereocenters. The van der Waals surface area contributed by atoms with Gasteiger partial charge in [-0.15, -0.1) is 0 Å². The van der Waals surface area contributed by atoms with Gasteiger partial charge in [0.15, 0.2) is 12.2 Å². The number of nitrogens with zero attached hydrogens (tertiary/aromatic N) is 4. The van der Waals surface area contributed by atoms with Crippen LogP contribution in [0.5, 0.6) is 0 Å². The molecule has 1 aliphatic rings. The number of aromatic amines is 1. The lowest BCUT2D eigenvalue weighted by Crippen LogP contribution is -2.44. The lowest BCUT2D eigenvalue weighted by molar-refractivity contribution is -0.746. The highest BCUT2D eigenvalue weighted by Crippen LogP contribution is 2.28. The third kappa shape index (κ3) is 4.80. The standard InChI is InChI=1S/C22H20N6O6S/c1-13-3-7-15(8-4-13)27-20(30)17(26(22(27)35)12-18-21(31)34-24-25(18)2)11-19(29)23-14-5-9-16(10-6-14)28(32)33/h3-10,17H,11-12H2,1-2H3,(H-,23,24,29,31)/p+1. The molecule has 0 radical (unpaired) electrons. The van der Waals surface area contributed by atoms with Gasteiger partial charge in [-0.1, -0.05) is 22.4 Å². The van der Waals surface area contributed by atoms with Crippen LogP contribution >= 0.6 is 12.2 Å². The number of rotatable bonds is 7. The van der Waals surface area contributed by atoms with Gasteiger partial charge in [-0.25, -0.2) is 4.79 Å². The molecule has 180 valence electrons. The normalized spacial score (nSPS) is 15.5. The van der Waals surface area contributed by atoms with Crippen molar-refractivity contribution in [2.45, 2.75) is 25.9 Å². The van der Waals surface area contributed by atoms with Crippen LogP contribution in [0.4, 0.5) is 17.1 Å². The second kappa shape index (κ2) is 9.46. The molecule has 1 saturated heterocycles. The van der Waals surface area contributed by atoms with Crippen molar-refractivity contribution in [2.75, 3.05) is 10.2 Å². The third-order valence-electron chi connectivity index (χ3n) is 5.59. The average molecular weight is 498 g/mol. The fourth-order valence-corrected chi connectivity index (χ4v) is 4.08. The van der Waals surface area contributed by atoms with Gasteiger partial charge in [0, 0.05) is 17.8 Å². The number of nitro benzene ring substituents is 1. The number of aromatic nitrogens is 2. The number of aryl methyl sites for hydroxylation is 2. The zero-order valence-corrected chi connectivity index (χ0v) is 19.6. The quantitative estimate of drug-likeness (QED) is 0.216. The van der Waals surface area contributed by atoms with E-state index in [-0.39, 0.29) is 29.5 Å². The van der Waals surface area contributed by atoms with E-state index < -0.39 is 28.4 Å². The Bertz CT molecular complexity index is 1360. The number of nitro groups is 1. The third-order valence-corrected chi connectivity index (χ3v) is 6.00. The first kappa shape index (κ1) is 23.8. The van der Waals surface area contributed by atoms with Crippen LogP contribution in [0.25, 0.3) is 0 Å². The number of H-pyrrole nitrogens is 1. The van der Waals surface area contributed by atoms with Crippen LogP contribution in [0, 0.1) is 17.0 Å². The Morgan fingerprint density at radius 2 is 1.86 bits per heavy atom. The molecule has 0 spiro atoms. The van der Waals surface area contributed by atoms with E-state index in [1.165, 1.54) is 38.7 Å². The Balaban J connectivity index is 1.60. The monoisotopic (exact) mass is 497 g/mol. The molecule has 12 nitrogen and oxygen atoms in total. The van der Waals surface area contributed by atoms with Crippen LogP contribution in [0.2, 0.25) is 0 Å². The zero-order chi connectivity index (χ0) is 25.3. The van der Waals surface area contributed by atoms with E-state index in [4.69, 9.17) is 16.7 Å².